The van der Waals surface area contributed by atoms with Gasteiger partial charge in [0, 0.05) is 7.05 Å². The number of thiazole rings is 1. The fraction of sp³-hybridized carbons (Fsp3) is 0.231. The molecule has 1 aromatic carbocycles. The van der Waals surface area contributed by atoms with E-state index in [1.807, 2.05) is 32.2 Å². The van der Waals surface area contributed by atoms with E-state index in [1.165, 1.54) is 23.1 Å². The Morgan fingerprint density at radius 1 is 1.48 bits per heavy atom. The third kappa shape index (κ3) is 3.06. The van der Waals surface area contributed by atoms with Crippen LogP contribution in [0.5, 0.6) is 0 Å². The minimum absolute atomic E-state index is 0.0975. The molecule has 0 aliphatic heterocycles. The van der Waals surface area contributed by atoms with Crippen molar-refractivity contribution in [3.8, 4) is 0 Å². The van der Waals surface area contributed by atoms with Gasteiger partial charge in [-0.2, -0.15) is 0 Å². The Morgan fingerprint density at radius 2 is 2.33 bits per heavy atom. The van der Waals surface area contributed by atoms with E-state index in [1.54, 1.807) is 10.9 Å². The monoisotopic (exact) mass is 319 g/mol. The number of hydrogen-bond acceptors (Lipinski definition) is 6. The Kier molecular flexibility index (Phi) is 3.89. The van der Waals surface area contributed by atoms with Crippen molar-refractivity contribution in [2.24, 2.45) is 7.05 Å². The third-order valence-electron chi connectivity index (χ3n) is 2.87. The van der Waals surface area contributed by atoms with Gasteiger partial charge in [-0.25, -0.2) is 4.98 Å². The van der Waals surface area contributed by atoms with E-state index in [4.69, 9.17) is 0 Å². The number of aryl methyl sites for hydroxylation is 2. The van der Waals surface area contributed by atoms with Gasteiger partial charge in [-0.1, -0.05) is 35.2 Å². The molecule has 1 amide bonds. The average Bonchev–Trinajstić information content (AvgIpc) is 3.03. The predicted molar refractivity (Wildman–Crippen MR) is 84.7 cm³/mol. The van der Waals surface area contributed by atoms with Gasteiger partial charge in [0.05, 0.1) is 16.0 Å². The number of para-hydroxylation sites is 1. The number of carbonyl (C=O) groups is 1. The van der Waals surface area contributed by atoms with Gasteiger partial charge in [-0.15, -0.1) is 10.2 Å². The predicted octanol–water partition coefficient (Wildman–Crippen LogP) is 2.46. The van der Waals surface area contributed by atoms with Crippen LogP contribution in [0, 0.1) is 6.92 Å². The van der Waals surface area contributed by atoms with Gasteiger partial charge in [0.1, 0.15) is 6.33 Å². The summed E-state index contributed by atoms with van der Waals surface area (Å²) in [7, 11) is 1.84. The molecule has 21 heavy (non-hydrogen) atoms. The van der Waals surface area contributed by atoms with Crippen LogP contribution in [0.2, 0.25) is 0 Å². The van der Waals surface area contributed by atoms with Gasteiger partial charge in [0.25, 0.3) is 0 Å². The van der Waals surface area contributed by atoms with E-state index >= 15 is 0 Å². The zero-order valence-corrected chi connectivity index (χ0v) is 13.2. The maximum Gasteiger partial charge on any atom is 0.236 e. The van der Waals surface area contributed by atoms with Crippen molar-refractivity contribution in [2.75, 3.05) is 11.1 Å². The van der Waals surface area contributed by atoms with E-state index in [9.17, 15) is 4.79 Å². The van der Waals surface area contributed by atoms with Crippen molar-refractivity contribution in [3.05, 3.63) is 30.1 Å². The smallest absolute Gasteiger partial charge is 0.236 e. The highest BCUT2D eigenvalue weighted by molar-refractivity contribution is 7.99. The van der Waals surface area contributed by atoms with Crippen LogP contribution in [0.25, 0.3) is 10.2 Å². The lowest BCUT2D eigenvalue weighted by Crippen LogP contribution is -2.14. The molecule has 0 unspecified atom stereocenters. The summed E-state index contributed by atoms with van der Waals surface area (Å²) >= 11 is 2.83. The molecule has 1 N–H and O–H groups in total. The number of aromatic nitrogens is 4. The molecular weight excluding hydrogens is 306 g/mol. The molecule has 2 heterocycles. The van der Waals surface area contributed by atoms with E-state index in [2.05, 4.69) is 20.5 Å². The molecule has 0 saturated carbocycles. The maximum absolute atomic E-state index is 12.0. The zero-order chi connectivity index (χ0) is 14.8. The Hall–Kier alpha value is -1.93. The minimum atomic E-state index is -0.0975. The van der Waals surface area contributed by atoms with Crippen LogP contribution in [0.3, 0.4) is 0 Å². The number of benzene rings is 1. The second kappa shape index (κ2) is 5.82. The van der Waals surface area contributed by atoms with Crippen LogP contribution in [0.15, 0.2) is 29.7 Å². The molecule has 0 spiro atoms. The summed E-state index contributed by atoms with van der Waals surface area (Å²) in [5, 5.41) is 11.9. The van der Waals surface area contributed by atoms with E-state index in [-0.39, 0.29) is 11.7 Å². The van der Waals surface area contributed by atoms with Crippen molar-refractivity contribution in [2.45, 2.75) is 12.1 Å². The highest BCUT2D eigenvalue weighted by Crippen LogP contribution is 2.28. The molecule has 2 aromatic heterocycles. The maximum atomic E-state index is 12.0. The van der Waals surface area contributed by atoms with Gasteiger partial charge < -0.3 is 9.88 Å². The van der Waals surface area contributed by atoms with Crippen LogP contribution >= 0.6 is 23.1 Å². The second-order valence-corrected chi connectivity index (χ2v) is 6.48. The molecule has 3 aromatic rings. The number of fused-ring (bicyclic) bond motifs is 1. The molecule has 0 bridgehead atoms. The molecule has 0 radical (unpaired) electrons. The number of amides is 1. The van der Waals surface area contributed by atoms with Crippen LogP contribution in [-0.4, -0.2) is 31.4 Å². The van der Waals surface area contributed by atoms with Crippen molar-refractivity contribution in [1.82, 2.24) is 19.7 Å². The Balaban J connectivity index is 1.66. The second-order valence-electron chi connectivity index (χ2n) is 4.50. The summed E-state index contributed by atoms with van der Waals surface area (Å²) in [6.45, 7) is 2.01. The molecule has 8 heteroatoms. The van der Waals surface area contributed by atoms with Crippen LogP contribution in [0.4, 0.5) is 5.13 Å². The first-order chi connectivity index (χ1) is 10.1. The fourth-order valence-electron chi connectivity index (χ4n) is 1.83. The summed E-state index contributed by atoms with van der Waals surface area (Å²) in [6, 6.07) is 6.01. The molecule has 3 rings (SSSR count). The summed E-state index contributed by atoms with van der Waals surface area (Å²) in [4.78, 5) is 16.4. The minimum Gasteiger partial charge on any atom is -0.312 e. The molecule has 6 nitrogen and oxygen atoms in total. The molecule has 0 aliphatic rings. The number of nitrogens with zero attached hydrogens (tertiary/aromatic N) is 4. The molecule has 0 atom stereocenters. The number of nitrogens with one attached hydrogen (secondary N) is 1. The number of anilines is 1. The van der Waals surface area contributed by atoms with E-state index < -0.39 is 0 Å². The molecule has 108 valence electrons. The van der Waals surface area contributed by atoms with Crippen molar-refractivity contribution < 1.29 is 4.79 Å². The SMILES string of the molecule is Cc1cccc2sc(NC(=O)CSc3nncn3C)nc12. The molecular formula is C13H13N5OS2. The van der Waals surface area contributed by atoms with Crippen LogP contribution < -0.4 is 5.32 Å². The molecule has 0 aliphatic carbocycles. The standard InChI is InChI=1S/C13H13N5OS2/c1-8-4-3-5-9-11(8)16-12(21-9)15-10(19)6-20-13-17-14-7-18(13)2/h3-5,7H,6H2,1-2H3,(H,15,16,19). The number of carbonyl (C=O) groups excluding carboxylic acids is 1. The highest BCUT2D eigenvalue weighted by Gasteiger charge is 2.11. The van der Waals surface area contributed by atoms with Crippen molar-refractivity contribution in [3.63, 3.8) is 0 Å². The van der Waals surface area contributed by atoms with Crippen molar-refractivity contribution in [1.29, 1.82) is 0 Å². The summed E-state index contributed by atoms with van der Waals surface area (Å²) in [5.41, 5.74) is 2.05. The number of thioether (sulfide) groups is 1. The van der Waals surface area contributed by atoms with Crippen LogP contribution in [0.1, 0.15) is 5.56 Å². The third-order valence-corrected chi connectivity index (χ3v) is 4.84. The lowest BCUT2D eigenvalue weighted by Gasteiger charge is -2.01. The highest BCUT2D eigenvalue weighted by atomic mass is 32.2. The quantitative estimate of drug-likeness (QED) is 0.748. The fourth-order valence-corrected chi connectivity index (χ4v) is 3.48. The Morgan fingerprint density at radius 3 is 3.05 bits per heavy atom. The Labute approximate surface area is 129 Å². The van der Waals surface area contributed by atoms with Gasteiger partial charge in [0.2, 0.25) is 5.91 Å². The van der Waals surface area contributed by atoms with Gasteiger partial charge in [-0.05, 0) is 18.6 Å². The number of hydrogen-bond donors (Lipinski definition) is 1. The van der Waals surface area contributed by atoms with Gasteiger partial charge >= 0.3 is 0 Å². The summed E-state index contributed by atoms with van der Waals surface area (Å²) in [5.74, 6) is 0.182. The first kappa shape index (κ1) is 14.0. The summed E-state index contributed by atoms with van der Waals surface area (Å²) in [6.07, 6.45) is 1.61. The zero-order valence-electron chi connectivity index (χ0n) is 11.5. The number of rotatable bonds is 4. The molecule has 0 saturated heterocycles. The summed E-state index contributed by atoms with van der Waals surface area (Å²) < 4.78 is 2.85. The normalized spacial score (nSPS) is 11.0. The van der Waals surface area contributed by atoms with E-state index in [0.717, 1.165) is 15.8 Å². The lowest BCUT2D eigenvalue weighted by atomic mass is 10.2. The molecule has 0 fully saturated rings. The average molecular weight is 319 g/mol. The van der Waals surface area contributed by atoms with Crippen molar-refractivity contribution >= 4 is 44.4 Å². The van der Waals surface area contributed by atoms with E-state index in [0.29, 0.717) is 10.3 Å². The van der Waals surface area contributed by atoms with Crippen LogP contribution in [-0.2, 0) is 11.8 Å². The topological polar surface area (TPSA) is 72.7 Å². The first-order valence-electron chi connectivity index (χ1n) is 6.26. The first-order valence-corrected chi connectivity index (χ1v) is 8.06. The Bertz CT molecular complexity index is 795. The van der Waals surface area contributed by atoms with Gasteiger partial charge in [0.15, 0.2) is 10.3 Å². The lowest BCUT2D eigenvalue weighted by molar-refractivity contribution is -0.113. The van der Waals surface area contributed by atoms with Gasteiger partial charge in [-0.3, -0.25) is 4.79 Å². The largest absolute Gasteiger partial charge is 0.312 e.